The van der Waals surface area contributed by atoms with Crippen molar-refractivity contribution in [3.8, 4) is 0 Å². The van der Waals surface area contributed by atoms with Crippen molar-refractivity contribution < 1.29 is 18.0 Å². The number of carbonyl (C=O) groups excluding carboxylic acids is 2. The summed E-state index contributed by atoms with van der Waals surface area (Å²) in [6.45, 7) is 7.58. The fourth-order valence-electron chi connectivity index (χ4n) is 3.48. The zero-order valence-electron chi connectivity index (χ0n) is 20.0. The van der Waals surface area contributed by atoms with E-state index in [0.29, 0.717) is 16.9 Å². The van der Waals surface area contributed by atoms with Crippen molar-refractivity contribution in [2.75, 3.05) is 10.0 Å². The topological polar surface area (TPSA) is 104 Å². The molecule has 0 fully saturated rings. The molecule has 2 amide bonds. The lowest BCUT2D eigenvalue weighted by atomic mass is 10.1. The number of para-hydroxylation sites is 1. The van der Waals surface area contributed by atoms with E-state index in [-0.39, 0.29) is 27.4 Å². The van der Waals surface area contributed by atoms with Gasteiger partial charge in [0, 0.05) is 17.3 Å². The van der Waals surface area contributed by atoms with E-state index in [0.717, 1.165) is 17.5 Å². The molecule has 3 rings (SSSR count). The molecule has 0 unspecified atom stereocenters. The Bertz CT molecular complexity index is 1350. The van der Waals surface area contributed by atoms with Crippen LogP contribution in [0.4, 0.5) is 11.4 Å². The fraction of sp³-hybridized carbons (Fsp3) is 0.231. The number of halogens is 1. The molecule has 0 saturated carbocycles. The Morgan fingerprint density at radius 2 is 1.60 bits per heavy atom. The molecule has 0 bridgehead atoms. The Balaban J connectivity index is 1.88. The van der Waals surface area contributed by atoms with Gasteiger partial charge in [0.1, 0.15) is 4.90 Å². The summed E-state index contributed by atoms with van der Waals surface area (Å²) >= 11 is 6.20. The van der Waals surface area contributed by atoms with Gasteiger partial charge in [-0.15, -0.1) is 0 Å². The molecule has 0 heterocycles. The van der Waals surface area contributed by atoms with Gasteiger partial charge in [-0.25, -0.2) is 8.42 Å². The van der Waals surface area contributed by atoms with Crippen LogP contribution in [0.3, 0.4) is 0 Å². The molecule has 0 aliphatic rings. The monoisotopic (exact) mass is 513 g/mol. The maximum absolute atomic E-state index is 13.1. The second kappa shape index (κ2) is 10.9. The molecule has 0 aliphatic heterocycles. The third-order valence-electron chi connectivity index (χ3n) is 5.37. The lowest BCUT2D eigenvalue weighted by Crippen LogP contribution is -2.32. The third-order valence-corrected chi connectivity index (χ3v) is 7.23. The third kappa shape index (κ3) is 6.61. The summed E-state index contributed by atoms with van der Waals surface area (Å²) in [6, 6.07) is 15.9. The number of anilines is 2. The Hall–Kier alpha value is -3.36. The summed E-state index contributed by atoms with van der Waals surface area (Å²) in [6.07, 6.45) is 0.762. The highest BCUT2D eigenvalue weighted by Crippen LogP contribution is 2.27. The molecule has 7 nitrogen and oxygen atoms in total. The molecule has 3 aromatic carbocycles. The number of aryl methyl sites for hydroxylation is 2. The van der Waals surface area contributed by atoms with Crippen molar-refractivity contribution in [3.05, 3.63) is 87.9 Å². The van der Waals surface area contributed by atoms with Crippen LogP contribution in [0.25, 0.3) is 0 Å². The maximum atomic E-state index is 13.1. The summed E-state index contributed by atoms with van der Waals surface area (Å²) in [7, 11) is -4.07. The highest BCUT2D eigenvalue weighted by molar-refractivity contribution is 7.92. The number of nitrogens with one attached hydrogen (secondary N) is 3. The van der Waals surface area contributed by atoms with Gasteiger partial charge in [0.15, 0.2) is 0 Å². The van der Waals surface area contributed by atoms with E-state index in [9.17, 15) is 18.0 Å². The van der Waals surface area contributed by atoms with Gasteiger partial charge in [-0.2, -0.15) is 0 Å². The number of benzene rings is 3. The minimum absolute atomic E-state index is 0.0215. The highest BCUT2D eigenvalue weighted by Gasteiger charge is 2.22. The van der Waals surface area contributed by atoms with Crippen LogP contribution in [0, 0.1) is 13.8 Å². The van der Waals surface area contributed by atoms with Crippen molar-refractivity contribution in [1.82, 2.24) is 5.32 Å². The zero-order valence-corrected chi connectivity index (χ0v) is 21.5. The van der Waals surface area contributed by atoms with Crippen molar-refractivity contribution in [1.29, 1.82) is 0 Å². The predicted octanol–water partition coefficient (Wildman–Crippen LogP) is 5.54. The van der Waals surface area contributed by atoms with Crippen LogP contribution in [0.1, 0.15) is 52.1 Å². The molecule has 0 aromatic heterocycles. The average molecular weight is 514 g/mol. The summed E-state index contributed by atoms with van der Waals surface area (Å²) in [4.78, 5) is 25.4. The van der Waals surface area contributed by atoms with Crippen LogP contribution in [0.15, 0.2) is 65.6 Å². The van der Waals surface area contributed by atoms with Gasteiger partial charge in [-0.05, 0) is 80.8 Å². The first-order chi connectivity index (χ1) is 16.5. The molecule has 9 heteroatoms. The van der Waals surface area contributed by atoms with Crippen molar-refractivity contribution in [2.24, 2.45) is 0 Å². The van der Waals surface area contributed by atoms with Gasteiger partial charge in [-0.1, -0.05) is 36.7 Å². The SMILES string of the molecule is CC[C@@H](C)NC(=O)c1ccccc1NC(=O)c1ccc(Cl)c(S(=O)(=O)Nc2cc(C)cc(C)c2)c1. The van der Waals surface area contributed by atoms with Crippen LogP contribution < -0.4 is 15.4 Å². The maximum Gasteiger partial charge on any atom is 0.263 e. The van der Waals surface area contributed by atoms with Crippen LogP contribution in [-0.2, 0) is 10.0 Å². The van der Waals surface area contributed by atoms with Gasteiger partial charge in [0.2, 0.25) is 0 Å². The number of hydrogen-bond acceptors (Lipinski definition) is 4. The molecule has 184 valence electrons. The minimum Gasteiger partial charge on any atom is -0.350 e. The van der Waals surface area contributed by atoms with Gasteiger partial charge >= 0.3 is 0 Å². The Morgan fingerprint density at radius 1 is 0.943 bits per heavy atom. The molecular formula is C26H28ClN3O4S. The molecule has 35 heavy (non-hydrogen) atoms. The Kier molecular flexibility index (Phi) is 8.19. The smallest absolute Gasteiger partial charge is 0.263 e. The average Bonchev–Trinajstić information content (AvgIpc) is 2.78. The fourth-order valence-corrected chi connectivity index (χ4v) is 5.05. The van der Waals surface area contributed by atoms with Gasteiger partial charge in [0.05, 0.1) is 16.3 Å². The zero-order chi connectivity index (χ0) is 25.8. The molecule has 3 N–H and O–H groups in total. The molecule has 0 saturated heterocycles. The summed E-state index contributed by atoms with van der Waals surface area (Å²) in [5, 5.41) is 5.55. The van der Waals surface area contributed by atoms with E-state index in [1.54, 1.807) is 36.4 Å². The molecule has 3 aromatic rings. The van der Waals surface area contributed by atoms with E-state index in [4.69, 9.17) is 11.6 Å². The van der Waals surface area contributed by atoms with E-state index >= 15 is 0 Å². The Morgan fingerprint density at radius 3 is 2.26 bits per heavy atom. The van der Waals surface area contributed by atoms with Crippen LogP contribution in [0.2, 0.25) is 5.02 Å². The largest absolute Gasteiger partial charge is 0.350 e. The second-order valence-corrected chi connectivity index (χ2v) is 10.5. The lowest BCUT2D eigenvalue weighted by Gasteiger charge is -2.15. The predicted molar refractivity (Wildman–Crippen MR) is 140 cm³/mol. The van der Waals surface area contributed by atoms with Crippen LogP contribution >= 0.6 is 11.6 Å². The van der Waals surface area contributed by atoms with E-state index in [1.165, 1.54) is 18.2 Å². The van der Waals surface area contributed by atoms with Crippen molar-refractivity contribution in [3.63, 3.8) is 0 Å². The summed E-state index contributed by atoms with van der Waals surface area (Å²) in [5.41, 5.74) is 2.89. The van der Waals surface area contributed by atoms with Gasteiger partial charge in [0.25, 0.3) is 21.8 Å². The minimum atomic E-state index is -4.07. The van der Waals surface area contributed by atoms with Crippen LogP contribution in [-0.4, -0.2) is 26.3 Å². The number of hydrogen-bond donors (Lipinski definition) is 3. The summed E-state index contributed by atoms with van der Waals surface area (Å²) < 4.78 is 28.7. The number of rotatable bonds is 8. The number of sulfonamides is 1. The number of carbonyl (C=O) groups is 2. The molecule has 0 spiro atoms. The first-order valence-electron chi connectivity index (χ1n) is 11.1. The molecule has 1 atom stereocenters. The normalized spacial score (nSPS) is 12.0. The van der Waals surface area contributed by atoms with E-state index in [1.807, 2.05) is 33.8 Å². The standard InChI is InChI=1S/C26H28ClN3O4S/c1-5-18(4)28-26(32)21-8-6-7-9-23(21)29-25(31)19-10-11-22(27)24(15-19)35(33,34)30-20-13-16(2)12-17(3)14-20/h6-15,18,30H,5H2,1-4H3,(H,28,32)(H,29,31)/t18-/m1/s1. The first kappa shape index (κ1) is 26.2. The van der Waals surface area contributed by atoms with E-state index < -0.39 is 15.9 Å². The molecular weight excluding hydrogens is 486 g/mol. The van der Waals surface area contributed by atoms with E-state index in [2.05, 4.69) is 15.4 Å². The molecule has 0 aliphatic carbocycles. The quantitative estimate of drug-likeness (QED) is 0.368. The highest BCUT2D eigenvalue weighted by atomic mass is 35.5. The number of amides is 2. The van der Waals surface area contributed by atoms with Crippen LogP contribution in [0.5, 0.6) is 0 Å². The summed E-state index contributed by atoms with van der Waals surface area (Å²) in [5.74, 6) is -0.888. The first-order valence-corrected chi connectivity index (χ1v) is 13.0. The Labute approximate surface area is 211 Å². The van der Waals surface area contributed by atoms with Gasteiger partial charge in [-0.3, -0.25) is 14.3 Å². The lowest BCUT2D eigenvalue weighted by molar-refractivity contribution is 0.0940. The second-order valence-electron chi connectivity index (χ2n) is 8.41. The van der Waals surface area contributed by atoms with Crippen molar-refractivity contribution >= 4 is 44.8 Å². The van der Waals surface area contributed by atoms with Gasteiger partial charge < -0.3 is 10.6 Å². The van der Waals surface area contributed by atoms with Crippen molar-refractivity contribution in [2.45, 2.75) is 45.1 Å². The molecule has 0 radical (unpaired) electrons.